The topological polar surface area (TPSA) is 136 Å². The zero-order valence-corrected chi connectivity index (χ0v) is 12.1. The van der Waals surface area contributed by atoms with Gasteiger partial charge < -0.3 is 26.4 Å². The number of hydrogen-bond acceptors (Lipinski definition) is 5. The van der Waals surface area contributed by atoms with Crippen LogP contribution in [0.3, 0.4) is 0 Å². The van der Waals surface area contributed by atoms with Crippen molar-refractivity contribution < 1.29 is 24.5 Å². The van der Waals surface area contributed by atoms with Crippen LogP contribution in [0.25, 0.3) is 0 Å². The Balaban J connectivity index is 0.000000255. The van der Waals surface area contributed by atoms with Crippen LogP contribution in [0.4, 0.5) is 0 Å². The molecular weight excluding hydrogens is 288 g/mol. The molecule has 0 radical (unpaired) electrons. The Morgan fingerprint density at radius 3 is 1.64 bits per heavy atom. The lowest BCUT2D eigenvalue weighted by Gasteiger charge is -2.16. The maximum Gasteiger partial charge on any atom is 0.333 e. The minimum atomic E-state index is -1.16. The molecule has 2 rings (SSSR count). The third-order valence-electron chi connectivity index (χ3n) is 3.00. The molecule has 0 unspecified atom stereocenters. The average molecular weight is 306 g/mol. The first-order chi connectivity index (χ1) is 10.4. The summed E-state index contributed by atoms with van der Waals surface area (Å²) in [6, 6.07) is 9.68. The number of carboxylic acid groups (broad SMARTS) is 2. The molecule has 118 valence electrons. The van der Waals surface area contributed by atoms with Crippen LogP contribution in [-0.4, -0.2) is 29.3 Å². The van der Waals surface area contributed by atoms with Gasteiger partial charge in [0, 0.05) is 24.2 Å². The zero-order chi connectivity index (χ0) is 16.7. The van der Waals surface area contributed by atoms with Crippen LogP contribution >= 0.6 is 0 Å². The highest BCUT2D eigenvalue weighted by atomic mass is 16.5. The molecule has 22 heavy (non-hydrogen) atoms. The molecule has 0 saturated heterocycles. The van der Waals surface area contributed by atoms with Crippen molar-refractivity contribution in [1.82, 2.24) is 0 Å². The van der Waals surface area contributed by atoms with E-state index in [1.807, 2.05) is 30.3 Å². The Morgan fingerprint density at radius 2 is 1.36 bits per heavy atom. The smallest absolute Gasteiger partial charge is 0.333 e. The van der Waals surface area contributed by atoms with Gasteiger partial charge in [0.1, 0.15) is 5.75 Å². The van der Waals surface area contributed by atoms with Crippen molar-refractivity contribution >= 4 is 11.9 Å². The van der Waals surface area contributed by atoms with E-state index in [0.29, 0.717) is 0 Å². The van der Waals surface area contributed by atoms with Gasteiger partial charge in [-0.15, -0.1) is 0 Å². The Bertz CT molecular complexity index is 584. The molecular formula is C15H18N2O5. The number of nitrogens with two attached hydrogens (primary N) is 2. The van der Waals surface area contributed by atoms with Gasteiger partial charge in [-0.1, -0.05) is 18.2 Å². The van der Waals surface area contributed by atoms with Gasteiger partial charge in [-0.25, -0.2) is 9.59 Å². The standard InChI is InChI=1S/C8H10N2O4.C7H8O/c9-5-1-3(7(11)12)6(10)2-4(5)8(13)14;1-8-7-5-3-2-4-6-7/h1-2,9-10H2,(H,11,12)(H,13,14);2-6H,1H3. The Morgan fingerprint density at radius 1 is 0.955 bits per heavy atom. The van der Waals surface area contributed by atoms with Gasteiger partial charge in [0.2, 0.25) is 0 Å². The molecule has 7 nitrogen and oxygen atoms in total. The largest absolute Gasteiger partial charge is 0.497 e. The Kier molecular flexibility index (Phi) is 6.00. The SMILES string of the molecule is COc1ccccc1.NC1=C(C(=O)O)CC(N)=C(C(=O)O)C1. The quantitative estimate of drug-likeness (QED) is 0.655. The van der Waals surface area contributed by atoms with Crippen LogP contribution in [-0.2, 0) is 9.59 Å². The fourth-order valence-corrected chi connectivity index (χ4v) is 1.80. The third-order valence-corrected chi connectivity index (χ3v) is 3.00. The number of para-hydroxylation sites is 1. The molecule has 0 aromatic heterocycles. The second-order valence-corrected chi connectivity index (χ2v) is 4.49. The lowest BCUT2D eigenvalue weighted by atomic mass is 9.94. The number of methoxy groups -OCH3 is 1. The van der Waals surface area contributed by atoms with Gasteiger partial charge >= 0.3 is 11.9 Å². The summed E-state index contributed by atoms with van der Waals surface area (Å²) in [6.07, 6.45) is -0.217. The fraction of sp³-hybridized carbons (Fsp3) is 0.200. The predicted octanol–water partition coefficient (Wildman–Crippen LogP) is 1.07. The summed E-state index contributed by atoms with van der Waals surface area (Å²) in [7, 11) is 1.66. The van der Waals surface area contributed by atoms with Gasteiger partial charge in [-0.2, -0.15) is 0 Å². The number of hydrogen-bond donors (Lipinski definition) is 4. The Labute approximate surface area is 127 Å². The summed E-state index contributed by atoms with van der Waals surface area (Å²) >= 11 is 0. The summed E-state index contributed by atoms with van der Waals surface area (Å²) in [5.41, 5.74) is 10.9. The van der Waals surface area contributed by atoms with Crippen LogP contribution in [0, 0.1) is 0 Å². The second-order valence-electron chi connectivity index (χ2n) is 4.49. The summed E-state index contributed by atoms with van der Waals surface area (Å²) in [6.45, 7) is 0. The molecule has 1 aromatic rings. The minimum absolute atomic E-state index is 0.0208. The average Bonchev–Trinajstić information content (AvgIpc) is 2.50. The van der Waals surface area contributed by atoms with Gasteiger partial charge in [0.25, 0.3) is 0 Å². The fourth-order valence-electron chi connectivity index (χ4n) is 1.80. The van der Waals surface area contributed by atoms with E-state index in [9.17, 15) is 9.59 Å². The van der Waals surface area contributed by atoms with Crippen molar-refractivity contribution in [2.24, 2.45) is 11.5 Å². The van der Waals surface area contributed by atoms with E-state index in [4.69, 9.17) is 26.4 Å². The molecule has 0 saturated carbocycles. The first-order valence-electron chi connectivity index (χ1n) is 6.37. The molecule has 0 atom stereocenters. The van der Waals surface area contributed by atoms with Crippen LogP contribution in [0.5, 0.6) is 5.75 Å². The molecule has 0 spiro atoms. The summed E-state index contributed by atoms with van der Waals surface area (Å²) in [5.74, 6) is -1.41. The number of carboxylic acids is 2. The molecule has 0 heterocycles. The van der Waals surface area contributed by atoms with Crippen LogP contribution in [0.15, 0.2) is 52.9 Å². The summed E-state index contributed by atoms with van der Waals surface area (Å²) < 4.78 is 4.91. The van der Waals surface area contributed by atoms with E-state index in [1.54, 1.807) is 7.11 Å². The normalized spacial score (nSPS) is 14.0. The van der Waals surface area contributed by atoms with Gasteiger partial charge in [-0.3, -0.25) is 0 Å². The molecule has 0 fully saturated rings. The van der Waals surface area contributed by atoms with Gasteiger partial charge in [0.05, 0.1) is 18.3 Å². The van der Waals surface area contributed by atoms with Crippen LogP contribution < -0.4 is 16.2 Å². The van der Waals surface area contributed by atoms with Crippen LogP contribution in [0.2, 0.25) is 0 Å². The number of ether oxygens (including phenoxy) is 1. The molecule has 0 amide bonds. The van der Waals surface area contributed by atoms with Gasteiger partial charge in [-0.05, 0) is 12.1 Å². The maximum absolute atomic E-state index is 10.6. The van der Waals surface area contributed by atoms with E-state index >= 15 is 0 Å². The number of allylic oxidation sites excluding steroid dienone is 2. The maximum atomic E-state index is 10.6. The second kappa shape index (κ2) is 7.72. The van der Waals surface area contributed by atoms with E-state index < -0.39 is 11.9 Å². The molecule has 0 aliphatic heterocycles. The van der Waals surface area contributed by atoms with Crippen LogP contribution in [0.1, 0.15) is 12.8 Å². The predicted molar refractivity (Wildman–Crippen MR) is 79.9 cm³/mol. The van der Waals surface area contributed by atoms with Gasteiger partial charge in [0.15, 0.2) is 0 Å². The highest BCUT2D eigenvalue weighted by molar-refractivity contribution is 5.93. The zero-order valence-electron chi connectivity index (χ0n) is 12.1. The van der Waals surface area contributed by atoms with E-state index in [2.05, 4.69) is 0 Å². The van der Waals surface area contributed by atoms with Crippen molar-refractivity contribution in [2.45, 2.75) is 12.8 Å². The van der Waals surface area contributed by atoms with Crippen molar-refractivity contribution in [3.63, 3.8) is 0 Å². The first-order valence-corrected chi connectivity index (χ1v) is 6.37. The van der Waals surface area contributed by atoms with Crippen molar-refractivity contribution in [1.29, 1.82) is 0 Å². The molecule has 0 bridgehead atoms. The van der Waals surface area contributed by atoms with E-state index in [1.165, 1.54) is 0 Å². The highest BCUT2D eigenvalue weighted by Crippen LogP contribution is 2.24. The van der Waals surface area contributed by atoms with E-state index in [-0.39, 0.29) is 35.4 Å². The first kappa shape index (κ1) is 17.1. The summed E-state index contributed by atoms with van der Waals surface area (Å²) in [5, 5.41) is 17.4. The van der Waals surface area contributed by atoms with E-state index in [0.717, 1.165) is 5.75 Å². The van der Waals surface area contributed by atoms with Crippen molar-refractivity contribution in [3.05, 3.63) is 52.9 Å². The number of aliphatic carboxylic acids is 2. The third kappa shape index (κ3) is 4.55. The molecule has 7 heteroatoms. The molecule has 1 aliphatic rings. The Hall–Kier alpha value is -2.96. The molecule has 1 aliphatic carbocycles. The molecule has 6 N–H and O–H groups in total. The van der Waals surface area contributed by atoms with Crippen molar-refractivity contribution in [3.8, 4) is 5.75 Å². The number of carbonyl (C=O) groups is 2. The summed E-state index contributed by atoms with van der Waals surface area (Å²) in [4.78, 5) is 21.2. The lowest BCUT2D eigenvalue weighted by molar-refractivity contribution is -0.134. The molecule has 1 aromatic carbocycles. The van der Waals surface area contributed by atoms with Crippen molar-refractivity contribution in [2.75, 3.05) is 7.11 Å². The minimum Gasteiger partial charge on any atom is -0.497 e. The monoisotopic (exact) mass is 306 g/mol. The lowest BCUT2D eigenvalue weighted by Crippen LogP contribution is -2.23. The number of rotatable bonds is 3. The number of benzene rings is 1. The highest BCUT2D eigenvalue weighted by Gasteiger charge is 2.24.